The summed E-state index contributed by atoms with van der Waals surface area (Å²) in [5, 5.41) is 23.5. The number of carboxylic acids is 1. The number of aliphatic hydroxyl groups excluding tert-OH is 1. The number of aromatic nitrogens is 2. The predicted octanol–water partition coefficient (Wildman–Crippen LogP) is 0.617. The van der Waals surface area contributed by atoms with Crippen LogP contribution >= 0.6 is 0 Å². The van der Waals surface area contributed by atoms with Crippen molar-refractivity contribution in [2.24, 2.45) is 5.92 Å². The second kappa shape index (κ2) is 4.94. The van der Waals surface area contributed by atoms with Crippen LogP contribution < -0.4 is 0 Å². The van der Waals surface area contributed by atoms with Crippen molar-refractivity contribution >= 4 is 5.97 Å². The average molecular weight is 265 g/mol. The van der Waals surface area contributed by atoms with E-state index in [0.717, 1.165) is 43.7 Å². The van der Waals surface area contributed by atoms with Crippen molar-refractivity contribution in [3.8, 4) is 0 Å². The molecule has 6 heteroatoms. The molecule has 0 saturated heterocycles. The first kappa shape index (κ1) is 12.6. The zero-order chi connectivity index (χ0) is 13.4. The van der Waals surface area contributed by atoms with Crippen molar-refractivity contribution in [3.05, 3.63) is 17.5 Å². The zero-order valence-electron chi connectivity index (χ0n) is 10.8. The second-order valence-electron chi connectivity index (χ2n) is 5.52. The van der Waals surface area contributed by atoms with E-state index in [0.29, 0.717) is 12.5 Å². The van der Waals surface area contributed by atoms with Gasteiger partial charge in [0.15, 0.2) is 0 Å². The van der Waals surface area contributed by atoms with E-state index >= 15 is 0 Å². The summed E-state index contributed by atoms with van der Waals surface area (Å²) in [6, 6.07) is 1.93. The van der Waals surface area contributed by atoms with Crippen molar-refractivity contribution < 1.29 is 15.0 Å². The molecule has 0 radical (unpaired) electrons. The Balaban J connectivity index is 1.76. The van der Waals surface area contributed by atoms with E-state index < -0.39 is 12.1 Å². The molecule has 0 aromatic carbocycles. The number of carboxylic acid groups (broad SMARTS) is 1. The van der Waals surface area contributed by atoms with Gasteiger partial charge < -0.3 is 10.2 Å². The lowest BCUT2D eigenvalue weighted by Gasteiger charge is -2.16. The summed E-state index contributed by atoms with van der Waals surface area (Å²) in [6.07, 6.45) is 2.59. The Morgan fingerprint density at radius 3 is 2.95 bits per heavy atom. The summed E-state index contributed by atoms with van der Waals surface area (Å²) in [7, 11) is 0. The minimum Gasteiger partial charge on any atom is -0.480 e. The summed E-state index contributed by atoms with van der Waals surface area (Å²) >= 11 is 0. The van der Waals surface area contributed by atoms with E-state index in [2.05, 4.69) is 5.10 Å². The summed E-state index contributed by atoms with van der Waals surface area (Å²) in [5.41, 5.74) is 1.75. The lowest BCUT2D eigenvalue weighted by molar-refractivity contribution is -0.138. The van der Waals surface area contributed by atoms with Crippen LogP contribution in [0.1, 0.15) is 36.8 Å². The number of carbonyl (C=O) groups is 1. The largest absolute Gasteiger partial charge is 0.480 e. The highest BCUT2D eigenvalue weighted by atomic mass is 16.4. The molecule has 3 rings (SSSR count). The van der Waals surface area contributed by atoms with Gasteiger partial charge in [0.2, 0.25) is 0 Å². The Labute approximate surface area is 111 Å². The number of rotatable bonds is 4. The molecule has 0 spiro atoms. The van der Waals surface area contributed by atoms with Crippen LogP contribution in [0.4, 0.5) is 0 Å². The van der Waals surface area contributed by atoms with Gasteiger partial charge in [-0.2, -0.15) is 5.10 Å². The zero-order valence-corrected chi connectivity index (χ0v) is 10.8. The fraction of sp³-hybridized carbons (Fsp3) is 0.692. The van der Waals surface area contributed by atoms with Crippen LogP contribution in [-0.4, -0.2) is 44.0 Å². The van der Waals surface area contributed by atoms with Crippen molar-refractivity contribution in [1.82, 2.24) is 14.7 Å². The highest BCUT2D eigenvalue weighted by Gasteiger charge is 2.33. The summed E-state index contributed by atoms with van der Waals surface area (Å²) in [5.74, 6) is -0.430. The summed E-state index contributed by atoms with van der Waals surface area (Å²) in [6.45, 7) is 2.22. The van der Waals surface area contributed by atoms with Gasteiger partial charge in [0.05, 0.1) is 17.9 Å². The smallest absolute Gasteiger partial charge is 0.317 e. The van der Waals surface area contributed by atoms with Crippen LogP contribution in [-0.2, 0) is 17.9 Å². The SMILES string of the molecule is O=C(O)CN1CCCn2nc([C@H](O)C3CC3)cc2C1. The minimum absolute atomic E-state index is 0.0612. The van der Waals surface area contributed by atoms with Crippen molar-refractivity contribution in [1.29, 1.82) is 0 Å². The van der Waals surface area contributed by atoms with E-state index in [1.54, 1.807) is 0 Å². The third kappa shape index (κ3) is 2.79. The first-order valence-electron chi connectivity index (χ1n) is 6.82. The summed E-state index contributed by atoms with van der Waals surface area (Å²) in [4.78, 5) is 12.7. The first-order chi connectivity index (χ1) is 9.13. The Morgan fingerprint density at radius 1 is 1.47 bits per heavy atom. The molecule has 1 fully saturated rings. The molecule has 6 nitrogen and oxygen atoms in total. The first-order valence-corrected chi connectivity index (χ1v) is 6.82. The highest BCUT2D eigenvalue weighted by molar-refractivity contribution is 5.69. The molecule has 1 atom stereocenters. The molecule has 104 valence electrons. The molecule has 0 amide bonds. The molecule has 1 aliphatic heterocycles. The Bertz CT molecular complexity index is 481. The molecular weight excluding hydrogens is 246 g/mol. The maximum absolute atomic E-state index is 10.8. The van der Waals surface area contributed by atoms with Gasteiger partial charge in [-0.3, -0.25) is 14.4 Å². The fourth-order valence-electron chi connectivity index (χ4n) is 2.68. The van der Waals surface area contributed by atoms with Gasteiger partial charge in [-0.05, 0) is 31.2 Å². The Kier molecular flexibility index (Phi) is 3.28. The third-order valence-electron chi connectivity index (χ3n) is 3.84. The number of hydrogen-bond donors (Lipinski definition) is 2. The fourth-order valence-corrected chi connectivity index (χ4v) is 2.68. The van der Waals surface area contributed by atoms with E-state index in [1.807, 2.05) is 15.6 Å². The summed E-state index contributed by atoms with van der Waals surface area (Å²) < 4.78 is 1.92. The maximum atomic E-state index is 10.8. The minimum atomic E-state index is -0.800. The van der Waals surface area contributed by atoms with Crippen LogP contribution in [0.3, 0.4) is 0 Å². The van der Waals surface area contributed by atoms with Gasteiger partial charge in [-0.1, -0.05) is 0 Å². The number of nitrogens with zero attached hydrogens (tertiary/aromatic N) is 3. The van der Waals surface area contributed by atoms with Gasteiger partial charge in [0.25, 0.3) is 0 Å². The third-order valence-corrected chi connectivity index (χ3v) is 3.84. The lowest BCUT2D eigenvalue weighted by atomic mass is 10.1. The molecule has 0 bridgehead atoms. The van der Waals surface area contributed by atoms with Gasteiger partial charge >= 0.3 is 5.97 Å². The molecule has 1 aliphatic carbocycles. The lowest BCUT2D eigenvalue weighted by Crippen LogP contribution is -2.29. The molecule has 1 aromatic rings. The van der Waals surface area contributed by atoms with Gasteiger partial charge in [-0.25, -0.2) is 0 Å². The van der Waals surface area contributed by atoms with Gasteiger partial charge in [-0.15, -0.1) is 0 Å². The number of aliphatic hydroxyl groups is 1. The molecule has 19 heavy (non-hydrogen) atoms. The Hall–Kier alpha value is -1.40. The van der Waals surface area contributed by atoms with E-state index in [1.165, 1.54) is 0 Å². The number of fused-ring (bicyclic) bond motifs is 1. The molecular formula is C13H19N3O3. The maximum Gasteiger partial charge on any atom is 0.317 e. The van der Waals surface area contributed by atoms with E-state index in [-0.39, 0.29) is 6.54 Å². The normalized spacial score (nSPS) is 21.7. The standard InChI is InChI=1S/C13H19N3O3/c17-12(18)8-15-4-1-5-16-10(7-15)6-11(14-16)13(19)9-2-3-9/h6,9,13,19H,1-5,7-8H2,(H,17,18)/t13-/m1/s1. The van der Waals surface area contributed by atoms with E-state index in [9.17, 15) is 9.90 Å². The molecule has 2 N–H and O–H groups in total. The van der Waals surface area contributed by atoms with Crippen molar-refractivity contribution in [2.45, 2.75) is 38.5 Å². The quantitative estimate of drug-likeness (QED) is 0.834. The van der Waals surface area contributed by atoms with Crippen LogP contribution in [0, 0.1) is 5.92 Å². The van der Waals surface area contributed by atoms with Crippen LogP contribution in [0.25, 0.3) is 0 Å². The Morgan fingerprint density at radius 2 is 2.26 bits per heavy atom. The monoisotopic (exact) mass is 265 g/mol. The molecule has 0 unspecified atom stereocenters. The molecule has 2 aliphatic rings. The van der Waals surface area contributed by atoms with Crippen LogP contribution in [0.5, 0.6) is 0 Å². The number of aliphatic carboxylic acids is 1. The number of aryl methyl sites for hydroxylation is 1. The predicted molar refractivity (Wildman–Crippen MR) is 67.4 cm³/mol. The van der Waals surface area contributed by atoms with E-state index in [4.69, 9.17) is 5.11 Å². The highest BCUT2D eigenvalue weighted by Crippen LogP contribution is 2.40. The molecule has 1 aromatic heterocycles. The average Bonchev–Trinajstić information content (AvgIpc) is 3.14. The topological polar surface area (TPSA) is 78.6 Å². The second-order valence-corrected chi connectivity index (χ2v) is 5.52. The van der Waals surface area contributed by atoms with Crippen LogP contribution in [0.2, 0.25) is 0 Å². The molecule has 1 saturated carbocycles. The number of hydrogen-bond acceptors (Lipinski definition) is 4. The van der Waals surface area contributed by atoms with Gasteiger partial charge in [0.1, 0.15) is 6.10 Å². The van der Waals surface area contributed by atoms with Crippen LogP contribution in [0.15, 0.2) is 6.07 Å². The molecule has 2 heterocycles. The van der Waals surface area contributed by atoms with Crippen molar-refractivity contribution in [3.63, 3.8) is 0 Å². The van der Waals surface area contributed by atoms with Gasteiger partial charge in [0, 0.05) is 19.6 Å². The van der Waals surface area contributed by atoms with Crippen molar-refractivity contribution in [2.75, 3.05) is 13.1 Å².